The van der Waals surface area contributed by atoms with Crippen molar-refractivity contribution in [3.05, 3.63) is 46.3 Å². The number of benzene rings is 1. The van der Waals surface area contributed by atoms with Crippen LogP contribution in [0.15, 0.2) is 36.4 Å². The van der Waals surface area contributed by atoms with Crippen LogP contribution in [-0.4, -0.2) is 23.9 Å². The quantitative estimate of drug-likeness (QED) is 0.767. The number of amides is 1. The van der Waals surface area contributed by atoms with E-state index in [0.29, 0.717) is 15.8 Å². The zero-order valence-corrected chi connectivity index (χ0v) is 13.6. The third kappa shape index (κ3) is 3.14. The molecule has 0 bridgehead atoms. The van der Waals surface area contributed by atoms with Gasteiger partial charge in [0.05, 0.1) is 5.56 Å². The Morgan fingerprint density at radius 1 is 1.33 bits per heavy atom. The van der Waals surface area contributed by atoms with Gasteiger partial charge in [0.15, 0.2) is 0 Å². The Balaban J connectivity index is 1.86. The van der Waals surface area contributed by atoms with Crippen molar-refractivity contribution in [2.45, 2.75) is 19.8 Å². The predicted octanol–water partition coefficient (Wildman–Crippen LogP) is 4.94. The van der Waals surface area contributed by atoms with Gasteiger partial charge in [0, 0.05) is 18.0 Å². The molecule has 1 unspecified atom stereocenters. The van der Waals surface area contributed by atoms with Crippen LogP contribution in [0.2, 0.25) is 4.34 Å². The lowest BCUT2D eigenvalue weighted by Crippen LogP contribution is -2.39. The van der Waals surface area contributed by atoms with Crippen LogP contribution in [0.4, 0.5) is 0 Å². The summed E-state index contributed by atoms with van der Waals surface area (Å²) in [5.41, 5.74) is 1.75. The fraction of sp³-hybridized carbons (Fsp3) is 0.353. The molecule has 0 spiro atoms. The molecule has 2 heterocycles. The smallest absolute Gasteiger partial charge is 0.256 e. The first-order valence-electron chi connectivity index (χ1n) is 7.29. The van der Waals surface area contributed by atoms with Crippen LogP contribution >= 0.6 is 22.9 Å². The van der Waals surface area contributed by atoms with E-state index in [-0.39, 0.29) is 5.91 Å². The largest absolute Gasteiger partial charge is 0.338 e. The molecule has 1 atom stereocenters. The van der Waals surface area contributed by atoms with E-state index >= 15 is 0 Å². The summed E-state index contributed by atoms with van der Waals surface area (Å²) >= 11 is 7.79. The Bertz CT molecular complexity index is 637. The molecule has 1 fully saturated rings. The minimum Gasteiger partial charge on any atom is -0.338 e. The van der Waals surface area contributed by atoms with E-state index in [0.717, 1.165) is 30.0 Å². The summed E-state index contributed by atoms with van der Waals surface area (Å²) in [6.45, 7) is 3.88. The first kappa shape index (κ1) is 14.6. The fourth-order valence-electron chi connectivity index (χ4n) is 2.80. The summed E-state index contributed by atoms with van der Waals surface area (Å²) < 4.78 is 0.595. The summed E-state index contributed by atoms with van der Waals surface area (Å²) in [7, 11) is 0. The highest BCUT2D eigenvalue weighted by atomic mass is 35.5. The number of hydrogen-bond acceptors (Lipinski definition) is 2. The van der Waals surface area contributed by atoms with Gasteiger partial charge in [-0.2, -0.15) is 0 Å². The average Bonchev–Trinajstić information content (AvgIpc) is 2.89. The highest BCUT2D eigenvalue weighted by Gasteiger charge is 2.25. The third-order valence-corrected chi connectivity index (χ3v) is 5.33. The van der Waals surface area contributed by atoms with E-state index in [2.05, 4.69) is 6.92 Å². The topological polar surface area (TPSA) is 20.3 Å². The van der Waals surface area contributed by atoms with E-state index in [1.54, 1.807) is 0 Å². The van der Waals surface area contributed by atoms with Crippen molar-refractivity contribution in [3.8, 4) is 10.4 Å². The maximum absolute atomic E-state index is 12.7. The molecule has 0 radical (unpaired) electrons. The number of piperidine rings is 1. The molecule has 1 aliphatic rings. The Labute approximate surface area is 134 Å². The maximum Gasteiger partial charge on any atom is 0.256 e. The number of rotatable bonds is 2. The van der Waals surface area contributed by atoms with Crippen molar-refractivity contribution in [1.82, 2.24) is 4.90 Å². The monoisotopic (exact) mass is 319 g/mol. The van der Waals surface area contributed by atoms with Gasteiger partial charge in [0.1, 0.15) is 4.34 Å². The first-order chi connectivity index (χ1) is 10.1. The molecule has 1 aromatic carbocycles. The second-order valence-corrected chi connectivity index (χ2v) is 7.32. The molecule has 0 aliphatic carbocycles. The summed E-state index contributed by atoms with van der Waals surface area (Å²) in [4.78, 5) is 15.7. The molecular formula is C17H18ClNOS. The summed E-state index contributed by atoms with van der Waals surface area (Å²) in [5, 5.41) is 0. The van der Waals surface area contributed by atoms with Crippen molar-refractivity contribution in [2.75, 3.05) is 13.1 Å². The van der Waals surface area contributed by atoms with Crippen molar-refractivity contribution < 1.29 is 4.79 Å². The second kappa shape index (κ2) is 6.20. The average molecular weight is 320 g/mol. The molecule has 1 aromatic heterocycles. The lowest BCUT2D eigenvalue weighted by Gasteiger charge is -2.30. The standard InChI is InChI=1S/C17H18ClNOS/c1-12-6-5-9-19(11-12)17(20)14-10-15(21-16(14)18)13-7-3-2-4-8-13/h2-4,7-8,10,12H,5-6,9,11H2,1H3. The van der Waals surface area contributed by atoms with Crippen LogP contribution in [-0.2, 0) is 0 Å². The summed E-state index contributed by atoms with van der Waals surface area (Å²) in [6.07, 6.45) is 2.29. The van der Waals surface area contributed by atoms with Crippen molar-refractivity contribution in [3.63, 3.8) is 0 Å². The van der Waals surface area contributed by atoms with Crippen molar-refractivity contribution >= 4 is 28.8 Å². The van der Waals surface area contributed by atoms with Crippen LogP contribution < -0.4 is 0 Å². The SMILES string of the molecule is CC1CCCN(C(=O)c2cc(-c3ccccc3)sc2Cl)C1. The van der Waals surface area contributed by atoms with Gasteiger partial charge < -0.3 is 4.90 Å². The number of nitrogens with zero attached hydrogens (tertiary/aromatic N) is 1. The number of likely N-dealkylation sites (tertiary alicyclic amines) is 1. The molecule has 1 saturated heterocycles. The molecule has 0 N–H and O–H groups in total. The van der Waals surface area contributed by atoms with Crippen LogP contribution in [0.5, 0.6) is 0 Å². The van der Waals surface area contributed by atoms with Crippen LogP contribution in [0.1, 0.15) is 30.1 Å². The van der Waals surface area contributed by atoms with E-state index in [4.69, 9.17) is 11.6 Å². The Morgan fingerprint density at radius 2 is 2.10 bits per heavy atom. The number of carbonyl (C=O) groups is 1. The van der Waals surface area contributed by atoms with Gasteiger partial charge in [0.25, 0.3) is 5.91 Å². The third-order valence-electron chi connectivity index (χ3n) is 3.92. The minimum atomic E-state index is 0.0741. The lowest BCUT2D eigenvalue weighted by atomic mass is 10.00. The van der Waals surface area contributed by atoms with E-state index in [1.807, 2.05) is 41.3 Å². The Morgan fingerprint density at radius 3 is 2.81 bits per heavy atom. The number of carbonyl (C=O) groups excluding carboxylic acids is 1. The zero-order valence-electron chi connectivity index (χ0n) is 12.0. The molecule has 1 amide bonds. The first-order valence-corrected chi connectivity index (χ1v) is 8.48. The summed E-state index contributed by atoms with van der Waals surface area (Å²) in [5.74, 6) is 0.652. The van der Waals surface area contributed by atoms with Crippen LogP contribution in [0.25, 0.3) is 10.4 Å². The highest BCUT2D eigenvalue weighted by molar-refractivity contribution is 7.19. The lowest BCUT2D eigenvalue weighted by molar-refractivity contribution is 0.0684. The summed E-state index contributed by atoms with van der Waals surface area (Å²) in [6, 6.07) is 12.0. The van der Waals surface area contributed by atoms with Gasteiger partial charge >= 0.3 is 0 Å². The van der Waals surface area contributed by atoms with E-state index in [1.165, 1.54) is 17.8 Å². The zero-order chi connectivity index (χ0) is 14.8. The Hall–Kier alpha value is -1.32. The second-order valence-electron chi connectivity index (χ2n) is 5.66. The number of hydrogen-bond donors (Lipinski definition) is 0. The number of halogens is 1. The van der Waals surface area contributed by atoms with E-state index in [9.17, 15) is 4.79 Å². The van der Waals surface area contributed by atoms with Gasteiger partial charge in [-0.3, -0.25) is 4.79 Å². The van der Waals surface area contributed by atoms with Gasteiger partial charge in [-0.15, -0.1) is 11.3 Å². The number of thiophene rings is 1. The highest BCUT2D eigenvalue weighted by Crippen LogP contribution is 2.36. The molecule has 2 aromatic rings. The van der Waals surface area contributed by atoms with Crippen molar-refractivity contribution in [2.24, 2.45) is 5.92 Å². The molecule has 3 rings (SSSR count). The molecule has 110 valence electrons. The van der Waals surface area contributed by atoms with E-state index < -0.39 is 0 Å². The normalized spacial score (nSPS) is 18.8. The van der Waals surface area contributed by atoms with Crippen LogP contribution in [0.3, 0.4) is 0 Å². The van der Waals surface area contributed by atoms with Crippen LogP contribution in [0, 0.1) is 5.92 Å². The molecule has 4 heteroatoms. The maximum atomic E-state index is 12.7. The molecule has 0 saturated carbocycles. The molecule has 2 nitrogen and oxygen atoms in total. The minimum absolute atomic E-state index is 0.0741. The molecule has 21 heavy (non-hydrogen) atoms. The van der Waals surface area contributed by atoms with Gasteiger partial charge in [0.2, 0.25) is 0 Å². The van der Waals surface area contributed by atoms with Gasteiger partial charge in [-0.25, -0.2) is 0 Å². The Kier molecular flexibility index (Phi) is 4.32. The van der Waals surface area contributed by atoms with Gasteiger partial charge in [-0.1, -0.05) is 48.9 Å². The predicted molar refractivity (Wildman–Crippen MR) is 89.1 cm³/mol. The fourth-order valence-corrected chi connectivity index (χ4v) is 4.07. The van der Waals surface area contributed by atoms with Crippen molar-refractivity contribution in [1.29, 1.82) is 0 Å². The molecule has 1 aliphatic heterocycles. The molecular weight excluding hydrogens is 302 g/mol. The van der Waals surface area contributed by atoms with Gasteiger partial charge in [-0.05, 0) is 30.4 Å².